The lowest BCUT2D eigenvalue weighted by Gasteiger charge is -2.13. The van der Waals surface area contributed by atoms with Crippen LogP contribution in [0.3, 0.4) is 0 Å². The van der Waals surface area contributed by atoms with E-state index in [0.717, 1.165) is 0 Å². The molecule has 7 heteroatoms. The molecule has 0 atom stereocenters. The van der Waals surface area contributed by atoms with E-state index in [1.165, 1.54) is 18.2 Å². The number of unbranched alkanes of at least 4 members (excludes halogenated alkanes) is 1. The van der Waals surface area contributed by atoms with E-state index in [4.69, 9.17) is 9.47 Å². The largest absolute Gasteiger partial charge is 0.481 e. The quantitative estimate of drug-likeness (QED) is 0.431. The summed E-state index contributed by atoms with van der Waals surface area (Å²) in [4.78, 5) is 41.5. The molecule has 0 radical (unpaired) electrons. The lowest BCUT2D eigenvalue weighted by molar-refractivity contribution is 0.0485. The maximum Gasteiger partial charge on any atom is 0.339 e. The summed E-state index contributed by atoms with van der Waals surface area (Å²) in [5.74, 6) is -0.595. The normalized spacial score (nSPS) is 12.9. The van der Waals surface area contributed by atoms with E-state index >= 15 is 0 Å². The summed E-state index contributed by atoms with van der Waals surface area (Å²) in [6, 6.07) is 9.94. The van der Waals surface area contributed by atoms with Crippen LogP contribution in [0.5, 0.6) is 5.88 Å². The molecule has 1 aliphatic heterocycles. The zero-order chi connectivity index (χ0) is 18.5. The number of imide groups is 1. The number of esters is 1. The Bertz CT molecular complexity index is 797. The van der Waals surface area contributed by atoms with Crippen molar-refractivity contribution < 1.29 is 23.9 Å². The van der Waals surface area contributed by atoms with Crippen molar-refractivity contribution >= 4 is 17.8 Å². The van der Waals surface area contributed by atoms with Crippen molar-refractivity contribution in [1.82, 2.24) is 9.88 Å². The maximum atomic E-state index is 12.2. The lowest BCUT2D eigenvalue weighted by atomic mass is 10.1. The predicted octanol–water partition coefficient (Wildman–Crippen LogP) is 2.32. The zero-order valence-corrected chi connectivity index (χ0v) is 14.3. The first-order chi connectivity index (χ1) is 12.6. The Balaban J connectivity index is 1.43. The van der Waals surface area contributed by atoms with Crippen LogP contribution in [0.4, 0.5) is 0 Å². The van der Waals surface area contributed by atoms with Crippen LogP contribution in [0.2, 0.25) is 0 Å². The van der Waals surface area contributed by atoms with Gasteiger partial charge in [0.05, 0.1) is 30.4 Å². The smallest absolute Gasteiger partial charge is 0.339 e. The molecule has 1 aromatic carbocycles. The highest BCUT2D eigenvalue weighted by atomic mass is 16.5. The van der Waals surface area contributed by atoms with Crippen LogP contribution in [0, 0.1) is 0 Å². The molecule has 0 spiro atoms. The van der Waals surface area contributed by atoms with Crippen molar-refractivity contribution in [2.45, 2.75) is 12.8 Å². The first kappa shape index (κ1) is 17.6. The van der Waals surface area contributed by atoms with Crippen molar-refractivity contribution in [2.24, 2.45) is 0 Å². The van der Waals surface area contributed by atoms with Crippen LogP contribution in [-0.2, 0) is 4.74 Å². The average molecular weight is 354 g/mol. The molecule has 2 aromatic rings. The van der Waals surface area contributed by atoms with Gasteiger partial charge >= 0.3 is 5.97 Å². The van der Waals surface area contributed by atoms with Gasteiger partial charge in [-0.05, 0) is 31.0 Å². The van der Waals surface area contributed by atoms with Gasteiger partial charge in [-0.25, -0.2) is 9.78 Å². The number of hydrogen-bond donors (Lipinski definition) is 0. The minimum atomic E-state index is -0.471. The fourth-order valence-corrected chi connectivity index (χ4v) is 2.68. The Hall–Kier alpha value is -3.22. The minimum absolute atomic E-state index is 0.202. The molecule has 2 amide bonds. The number of pyridine rings is 1. The van der Waals surface area contributed by atoms with Crippen LogP contribution in [0.1, 0.15) is 43.9 Å². The fourth-order valence-electron chi connectivity index (χ4n) is 2.68. The van der Waals surface area contributed by atoms with Gasteiger partial charge in [0.2, 0.25) is 5.88 Å². The van der Waals surface area contributed by atoms with Crippen molar-refractivity contribution in [1.29, 1.82) is 0 Å². The Kier molecular flexibility index (Phi) is 5.26. The monoisotopic (exact) mass is 354 g/mol. The number of nitrogens with zero attached hydrogens (tertiary/aromatic N) is 2. The lowest BCUT2D eigenvalue weighted by Crippen LogP contribution is -2.30. The van der Waals surface area contributed by atoms with Gasteiger partial charge in [-0.1, -0.05) is 12.1 Å². The highest BCUT2D eigenvalue weighted by molar-refractivity contribution is 6.21. The summed E-state index contributed by atoms with van der Waals surface area (Å²) in [6.07, 6.45) is 2.49. The molecular formula is C19H18N2O5. The minimum Gasteiger partial charge on any atom is -0.481 e. The average Bonchev–Trinajstić information content (AvgIpc) is 2.92. The number of carbonyl (C=O) groups excluding carboxylic acids is 3. The molecule has 134 valence electrons. The van der Waals surface area contributed by atoms with E-state index in [0.29, 0.717) is 42.0 Å². The molecule has 0 fully saturated rings. The highest BCUT2D eigenvalue weighted by Crippen LogP contribution is 2.22. The van der Waals surface area contributed by atoms with Crippen LogP contribution in [0.25, 0.3) is 0 Å². The molecule has 0 saturated carbocycles. The second kappa shape index (κ2) is 7.77. The number of methoxy groups -OCH3 is 1. The van der Waals surface area contributed by atoms with Gasteiger partial charge in [-0.2, -0.15) is 0 Å². The molecule has 1 aromatic heterocycles. The first-order valence-electron chi connectivity index (χ1n) is 8.24. The van der Waals surface area contributed by atoms with Gasteiger partial charge in [0.15, 0.2) is 0 Å². The third-order valence-electron chi connectivity index (χ3n) is 4.07. The summed E-state index contributed by atoms with van der Waals surface area (Å²) in [5.41, 5.74) is 1.22. The van der Waals surface area contributed by atoms with E-state index in [2.05, 4.69) is 4.98 Å². The topological polar surface area (TPSA) is 85.8 Å². The van der Waals surface area contributed by atoms with Crippen LogP contribution < -0.4 is 4.74 Å². The number of rotatable bonds is 7. The van der Waals surface area contributed by atoms with Crippen molar-refractivity contribution in [3.63, 3.8) is 0 Å². The number of amides is 2. The summed E-state index contributed by atoms with van der Waals surface area (Å²) in [7, 11) is 1.49. The molecule has 26 heavy (non-hydrogen) atoms. The van der Waals surface area contributed by atoms with Crippen molar-refractivity contribution in [3.05, 3.63) is 59.3 Å². The van der Waals surface area contributed by atoms with E-state index in [-0.39, 0.29) is 18.4 Å². The van der Waals surface area contributed by atoms with Gasteiger partial charge in [0, 0.05) is 18.8 Å². The van der Waals surface area contributed by atoms with E-state index in [1.54, 1.807) is 36.4 Å². The summed E-state index contributed by atoms with van der Waals surface area (Å²) in [6.45, 7) is 0.502. The summed E-state index contributed by atoms with van der Waals surface area (Å²) < 4.78 is 10.1. The number of benzene rings is 1. The molecular weight excluding hydrogens is 336 g/mol. The van der Waals surface area contributed by atoms with E-state index in [1.807, 2.05) is 0 Å². The second-order valence-corrected chi connectivity index (χ2v) is 5.74. The van der Waals surface area contributed by atoms with Crippen molar-refractivity contribution in [3.8, 4) is 5.88 Å². The zero-order valence-electron chi connectivity index (χ0n) is 14.3. The number of ether oxygens (including phenoxy) is 2. The Morgan fingerprint density at radius 1 is 1.04 bits per heavy atom. The molecule has 0 bridgehead atoms. The fraction of sp³-hybridized carbons (Fsp3) is 0.263. The molecule has 7 nitrogen and oxygen atoms in total. The van der Waals surface area contributed by atoms with E-state index < -0.39 is 5.97 Å². The van der Waals surface area contributed by atoms with Gasteiger partial charge in [0.25, 0.3) is 11.8 Å². The number of hydrogen-bond acceptors (Lipinski definition) is 6. The SMILES string of the molecule is COc1ccc(C(=O)OCCCCN2C(=O)c3ccccc3C2=O)cn1. The number of carbonyl (C=O) groups is 3. The molecule has 3 rings (SSSR count). The second-order valence-electron chi connectivity index (χ2n) is 5.74. The van der Waals surface area contributed by atoms with E-state index in [9.17, 15) is 14.4 Å². The molecule has 0 aliphatic carbocycles. The standard InChI is InChI=1S/C19H18N2O5/c1-25-16-9-8-13(12-20-16)19(24)26-11-5-4-10-21-17(22)14-6-2-3-7-15(14)18(21)23/h2-3,6-9,12H,4-5,10-11H2,1H3. The third kappa shape index (κ3) is 3.56. The highest BCUT2D eigenvalue weighted by Gasteiger charge is 2.34. The molecule has 1 aliphatic rings. The predicted molar refractivity (Wildman–Crippen MR) is 92.1 cm³/mol. The molecule has 0 saturated heterocycles. The maximum absolute atomic E-state index is 12.2. The summed E-state index contributed by atoms with van der Waals surface area (Å²) in [5, 5.41) is 0. The third-order valence-corrected chi connectivity index (χ3v) is 4.07. The number of fused-ring (bicyclic) bond motifs is 1. The van der Waals surface area contributed by atoms with Gasteiger partial charge in [0.1, 0.15) is 0 Å². The summed E-state index contributed by atoms with van der Waals surface area (Å²) >= 11 is 0. The van der Waals surface area contributed by atoms with Gasteiger partial charge in [-0.3, -0.25) is 14.5 Å². The Morgan fingerprint density at radius 3 is 2.31 bits per heavy atom. The van der Waals surface area contributed by atoms with Crippen molar-refractivity contribution in [2.75, 3.05) is 20.3 Å². The Morgan fingerprint density at radius 2 is 1.73 bits per heavy atom. The van der Waals surface area contributed by atoms with Crippen LogP contribution in [-0.4, -0.2) is 47.9 Å². The number of aromatic nitrogens is 1. The first-order valence-corrected chi connectivity index (χ1v) is 8.24. The van der Waals surface area contributed by atoms with Gasteiger partial charge in [-0.15, -0.1) is 0 Å². The Labute approximate surface area is 150 Å². The molecule has 0 unspecified atom stereocenters. The van der Waals surface area contributed by atoms with Gasteiger partial charge < -0.3 is 9.47 Å². The van der Waals surface area contributed by atoms with Crippen LogP contribution in [0.15, 0.2) is 42.6 Å². The molecule has 2 heterocycles. The van der Waals surface area contributed by atoms with Crippen LogP contribution >= 0.6 is 0 Å². The molecule has 0 N–H and O–H groups in total.